The summed E-state index contributed by atoms with van der Waals surface area (Å²) in [4.78, 5) is 49.2. The highest BCUT2D eigenvalue weighted by Crippen LogP contribution is 2.26. The van der Waals surface area contributed by atoms with Crippen molar-refractivity contribution in [2.75, 3.05) is 70.1 Å². The highest BCUT2D eigenvalue weighted by atomic mass is 32.1. The number of carbonyl (C=O) groups excluding carboxylic acids is 3. The van der Waals surface area contributed by atoms with Gasteiger partial charge in [0.2, 0.25) is 6.41 Å². The molecule has 2 aliphatic heterocycles. The first-order chi connectivity index (χ1) is 27.6. The van der Waals surface area contributed by atoms with Crippen molar-refractivity contribution in [3.63, 3.8) is 0 Å². The molecule has 2 aliphatic rings. The number of hydrogen-bond donors (Lipinski definition) is 2. The Morgan fingerprint density at radius 1 is 0.741 bits per heavy atom. The van der Waals surface area contributed by atoms with Crippen molar-refractivity contribution in [1.82, 2.24) is 24.6 Å². The van der Waals surface area contributed by atoms with E-state index in [1.54, 1.807) is 16.9 Å². The molecule has 2 fully saturated rings. The lowest BCUT2D eigenvalue weighted by molar-refractivity contribution is -0.119. The van der Waals surface area contributed by atoms with Gasteiger partial charge in [-0.3, -0.25) is 19.4 Å². The van der Waals surface area contributed by atoms with Gasteiger partial charge in [-0.15, -0.1) is 11.3 Å². The minimum atomic E-state index is -0.486. The number of benzene rings is 3. The van der Waals surface area contributed by atoms with Crippen LogP contribution in [-0.2, 0) is 27.4 Å². The zero-order valence-electron chi connectivity index (χ0n) is 35.0. The molecule has 1 aromatic heterocycles. The number of amides is 3. The predicted molar refractivity (Wildman–Crippen MR) is 234 cm³/mol. The van der Waals surface area contributed by atoms with Gasteiger partial charge in [0.25, 0.3) is 5.91 Å². The quantitative estimate of drug-likeness (QED) is 0.146. The van der Waals surface area contributed by atoms with E-state index in [0.717, 1.165) is 98.2 Å². The highest BCUT2D eigenvalue weighted by Gasteiger charge is 2.26. The Kier molecular flexibility index (Phi) is 15.2. The lowest BCUT2D eigenvalue weighted by Gasteiger charge is -2.35. The highest BCUT2D eigenvalue weighted by molar-refractivity contribution is 7.12. The van der Waals surface area contributed by atoms with E-state index in [2.05, 4.69) is 56.3 Å². The average Bonchev–Trinajstić information content (AvgIpc) is 3.70. The number of anilines is 2. The molecule has 0 spiro atoms. The summed E-state index contributed by atoms with van der Waals surface area (Å²) in [6, 6.07) is 24.2. The Balaban J connectivity index is 0.000000992. The van der Waals surface area contributed by atoms with Gasteiger partial charge >= 0.3 is 6.09 Å². The molecule has 0 bridgehead atoms. The third-order valence-electron chi connectivity index (χ3n) is 9.69. The number of piperazine rings is 2. The van der Waals surface area contributed by atoms with Crippen LogP contribution < -0.4 is 10.6 Å². The summed E-state index contributed by atoms with van der Waals surface area (Å²) >= 11 is 1.31. The lowest BCUT2D eigenvalue weighted by atomic mass is 10.1. The van der Waals surface area contributed by atoms with E-state index in [-0.39, 0.29) is 17.6 Å². The van der Waals surface area contributed by atoms with Crippen LogP contribution in [0.4, 0.5) is 16.2 Å². The van der Waals surface area contributed by atoms with E-state index in [1.807, 2.05) is 95.5 Å². The maximum absolute atomic E-state index is 13.0. The van der Waals surface area contributed by atoms with Crippen molar-refractivity contribution in [3.8, 4) is 11.3 Å². The third-order valence-corrected chi connectivity index (χ3v) is 10.5. The van der Waals surface area contributed by atoms with E-state index in [1.165, 1.54) is 16.9 Å². The molecule has 13 heteroatoms. The number of aromatic nitrogens is 1. The third kappa shape index (κ3) is 13.8. The van der Waals surface area contributed by atoms with Gasteiger partial charge in [0.15, 0.2) is 5.01 Å². The minimum absolute atomic E-state index is 0.0417. The Morgan fingerprint density at radius 2 is 1.24 bits per heavy atom. The van der Waals surface area contributed by atoms with Crippen LogP contribution >= 0.6 is 11.3 Å². The molecule has 0 aliphatic carbocycles. The monoisotopic (exact) mass is 809 g/mol. The molecule has 3 heterocycles. The smallest absolute Gasteiger partial charge is 0.410 e. The molecule has 4 aromatic rings. The van der Waals surface area contributed by atoms with Gasteiger partial charge in [0.1, 0.15) is 5.60 Å². The molecule has 0 radical (unpaired) electrons. The first-order valence-electron chi connectivity index (χ1n) is 19.8. The topological polar surface area (TPSA) is 120 Å². The maximum Gasteiger partial charge on any atom is 0.410 e. The summed E-state index contributed by atoms with van der Waals surface area (Å²) in [6.07, 6.45) is 0.672. The first-order valence-corrected chi connectivity index (χ1v) is 20.6. The van der Waals surface area contributed by atoms with Crippen molar-refractivity contribution in [2.45, 2.75) is 65.8 Å². The van der Waals surface area contributed by atoms with E-state index in [9.17, 15) is 14.4 Å². The largest absolute Gasteiger partial charge is 0.444 e. The maximum atomic E-state index is 13.0. The van der Waals surface area contributed by atoms with Crippen LogP contribution in [0.25, 0.3) is 17.0 Å². The van der Waals surface area contributed by atoms with Crippen molar-refractivity contribution in [3.05, 3.63) is 106 Å². The summed E-state index contributed by atoms with van der Waals surface area (Å²) in [5.74, 6) is -0.241. The van der Waals surface area contributed by atoms with Gasteiger partial charge in [-0.2, -0.15) is 0 Å². The molecule has 0 unspecified atom stereocenters. The van der Waals surface area contributed by atoms with Gasteiger partial charge in [0.05, 0.1) is 11.3 Å². The number of methoxy groups -OCH3 is 1. The first kappa shape index (κ1) is 44.0. The lowest BCUT2D eigenvalue weighted by Crippen LogP contribution is -2.49. The molecule has 12 nitrogen and oxygen atoms in total. The van der Waals surface area contributed by atoms with E-state index in [4.69, 9.17) is 9.47 Å². The summed E-state index contributed by atoms with van der Waals surface area (Å²) in [6.45, 7) is 23.8. The van der Waals surface area contributed by atoms with E-state index >= 15 is 0 Å². The molecular formula is C45H59N7O5S. The summed E-state index contributed by atoms with van der Waals surface area (Å²) in [5, 5.41) is 8.66. The molecule has 3 aromatic carbocycles. The van der Waals surface area contributed by atoms with Gasteiger partial charge in [-0.1, -0.05) is 55.1 Å². The number of nitrogens with zero attached hydrogens (tertiary/aromatic N) is 5. The Morgan fingerprint density at radius 3 is 1.72 bits per heavy atom. The SMILES string of the molecule is C=C(Nc1ccc(CN2CCN(C(=O)OC(C)(C)C)CC2)cc1)c1ccc(-c2csc(C(=O)Nc3ccc(CN4CCN(C=O)CC4)cc3)n2)cc1.COC(C)(C)C. The van der Waals surface area contributed by atoms with Crippen LogP contribution in [0, 0.1) is 0 Å². The molecule has 2 N–H and O–H groups in total. The van der Waals surface area contributed by atoms with Gasteiger partial charge in [-0.25, -0.2) is 9.78 Å². The second-order valence-electron chi connectivity index (χ2n) is 16.5. The van der Waals surface area contributed by atoms with E-state index < -0.39 is 5.60 Å². The van der Waals surface area contributed by atoms with Gasteiger partial charge in [0, 0.05) is 101 Å². The standard InChI is InChI=1S/C40H47N7O4S.C5H12O/c1-29(41-34-13-5-30(6-14-34)26-45-21-23-47(24-22-45)39(50)51-40(2,3)4)32-9-11-33(12-10-32)36-27-52-38(43-36)37(49)42-35-15-7-31(8-16-35)25-44-17-19-46(28-48)20-18-44;1-5(2,3)6-4/h5-16,27-28,41H,1,17-26H2,2-4H3,(H,42,49);1-4H3. The fourth-order valence-electron chi connectivity index (χ4n) is 6.13. The number of thiazole rings is 1. The Bertz CT molecular complexity index is 1950. The van der Waals surface area contributed by atoms with Crippen molar-refractivity contribution < 1.29 is 23.9 Å². The minimum Gasteiger partial charge on any atom is -0.444 e. The second kappa shape index (κ2) is 20.1. The fraction of sp³-hybridized carbons (Fsp3) is 0.422. The van der Waals surface area contributed by atoms with Crippen LogP contribution in [-0.4, -0.2) is 114 Å². The summed E-state index contributed by atoms with van der Waals surface area (Å²) in [7, 11) is 1.71. The zero-order valence-corrected chi connectivity index (χ0v) is 35.9. The number of carbonyl (C=O) groups is 3. The summed E-state index contributed by atoms with van der Waals surface area (Å²) in [5.41, 5.74) is 6.99. The van der Waals surface area contributed by atoms with Crippen molar-refractivity contribution >= 4 is 46.8 Å². The predicted octanol–water partition coefficient (Wildman–Crippen LogP) is 7.90. The van der Waals surface area contributed by atoms with Gasteiger partial charge in [-0.05, 0) is 82.5 Å². The number of ether oxygens (including phenoxy) is 2. The van der Waals surface area contributed by atoms with Crippen LogP contribution in [0.2, 0.25) is 0 Å². The molecule has 310 valence electrons. The normalized spacial score (nSPS) is 15.2. The van der Waals surface area contributed by atoms with Crippen molar-refractivity contribution in [2.24, 2.45) is 0 Å². The molecule has 58 heavy (non-hydrogen) atoms. The average molecular weight is 810 g/mol. The van der Waals surface area contributed by atoms with Crippen LogP contribution in [0.5, 0.6) is 0 Å². The molecule has 3 amide bonds. The molecule has 0 atom stereocenters. The number of nitrogens with one attached hydrogen (secondary N) is 2. The van der Waals surface area contributed by atoms with Crippen molar-refractivity contribution in [1.29, 1.82) is 0 Å². The Hall–Kier alpha value is -5.08. The molecule has 0 saturated carbocycles. The molecular weight excluding hydrogens is 751 g/mol. The number of rotatable bonds is 11. The number of hydrogen-bond acceptors (Lipinski definition) is 10. The van der Waals surface area contributed by atoms with E-state index in [0.29, 0.717) is 18.1 Å². The van der Waals surface area contributed by atoms with Gasteiger partial charge < -0.3 is 29.9 Å². The summed E-state index contributed by atoms with van der Waals surface area (Å²) < 4.78 is 10.4. The molecule has 2 saturated heterocycles. The van der Waals surface area contributed by atoms with Crippen LogP contribution in [0.15, 0.2) is 84.8 Å². The zero-order chi connectivity index (χ0) is 41.9. The Labute approximate surface area is 347 Å². The fourth-order valence-corrected chi connectivity index (χ4v) is 6.85. The van der Waals surface area contributed by atoms with Crippen LogP contribution in [0.3, 0.4) is 0 Å². The second-order valence-corrected chi connectivity index (χ2v) is 17.4. The van der Waals surface area contributed by atoms with Crippen LogP contribution in [0.1, 0.15) is 68.0 Å². The molecule has 6 rings (SSSR count).